The van der Waals surface area contributed by atoms with E-state index >= 15 is 0 Å². The Kier molecular flexibility index (Phi) is 8.36. The number of unbranched alkanes of at least 4 members (excludes halogenated alkanes) is 1. The molecule has 1 saturated carbocycles. The van der Waals surface area contributed by atoms with Crippen LogP contribution < -0.4 is 4.74 Å². The molecule has 1 fully saturated rings. The van der Waals surface area contributed by atoms with Gasteiger partial charge in [0, 0.05) is 5.56 Å². The first-order chi connectivity index (χ1) is 17.1. The first-order valence-electron chi connectivity index (χ1n) is 12.9. The van der Waals surface area contributed by atoms with Crippen LogP contribution in [0.4, 0.5) is 26.3 Å². The van der Waals surface area contributed by atoms with Gasteiger partial charge in [-0.25, -0.2) is 13.2 Å². The van der Waals surface area contributed by atoms with E-state index in [2.05, 4.69) is 17.7 Å². The van der Waals surface area contributed by atoms with Gasteiger partial charge in [0.15, 0.2) is 11.6 Å². The molecule has 2 aromatic carbocycles. The van der Waals surface area contributed by atoms with Crippen LogP contribution >= 0.6 is 0 Å². The summed E-state index contributed by atoms with van der Waals surface area (Å²) in [6, 6.07) is 4.24. The molecule has 0 aliphatic heterocycles. The number of halogens is 6. The molecule has 4 rings (SSSR count). The summed E-state index contributed by atoms with van der Waals surface area (Å²) in [6.45, 7) is 2.24. The van der Waals surface area contributed by atoms with Gasteiger partial charge in [-0.05, 0) is 78.5 Å². The second kappa shape index (κ2) is 11.3. The molecular weight excluding hydrogens is 478 g/mol. The fourth-order valence-electron chi connectivity index (χ4n) is 5.62. The van der Waals surface area contributed by atoms with E-state index in [0.29, 0.717) is 25.0 Å². The van der Waals surface area contributed by atoms with Gasteiger partial charge >= 0.3 is 6.36 Å². The molecule has 0 radical (unpaired) electrons. The van der Waals surface area contributed by atoms with Crippen LogP contribution in [-0.4, -0.2) is 6.36 Å². The minimum absolute atomic E-state index is 0.0539. The van der Waals surface area contributed by atoms with Crippen molar-refractivity contribution in [2.45, 2.75) is 83.9 Å². The molecule has 2 aliphatic carbocycles. The molecule has 2 aromatic rings. The van der Waals surface area contributed by atoms with Crippen LogP contribution in [0.3, 0.4) is 0 Å². The number of benzene rings is 2. The lowest BCUT2D eigenvalue weighted by molar-refractivity contribution is -0.276. The molecule has 0 unspecified atom stereocenters. The Balaban J connectivity index is 1.40. The smallest absolute Gasteiger partial charge is 0.399 e. The van der Waals surface area contributed by atoms with Crippen molar-refractivity contribution in [3.63, 3.8) is 0 Å². The molecule has 0 aromatic heterocycles. The topological polar surface area (TPSA) is 9.23 Å². The fraction of sp³-hybridized carbons (Fsp3) is 0.517. The molecule has 0 amide bonds. The van der Waals surface area contributed by atoms with Gasteiger partial charge in [-0.1, -0.05) is 63.5 Å². The van der Waals surface area contributed by atoms with Crippen LogP contribution in [0.5, 0.6) is 5.75 Å². The van der Waals surface area contributed by atoms with Crippen molar-refractivity contribution in [1.29, 1.82) is 0 Å². The van der Waals surface area contributed by atoms with E-state index in [1.54, 1.807) is 0 Å². The monoisotopic (exact) mass is 510 g/mol. The SMILES string of the molecule is CCCCC1CCC(CCC2=CCc3cc(-c4cc(F)c(OC(F)(F)F)c(F)c4)c(F)cc3C2)CC1. The second-order valence-corrected chi connectivity index (χ2v) is 10.2. The van der Waals surface area contributed by atoms with Gasteiger partial charge in [-0.2, -0.15) is 0 Å². The molecule has 0 N–H and O–H groups in total. The molecule has 2 aliphatic rings. The number of fused-ring (bicyclic) bond motifs is 1. The zero-order chi connectivity index (χ0) is 25.9. The van der Waals surface area contributed by atoms with E-state index in [1.165, 1.54) is 62.7 Å². The highest BCUT2D eigenvalue weighted by Crippen LogP contribution is 2.38. The Morgan fingerprint density at radius 1 is 0.833 bits per heavy atom. The Morgan fingerprint density at radius 2 is 1.47 bits per heavy atom. The van der Waals surface area contributed by atoms with Crippen LogP contribution in [0.15, 0.2) is 35.9 Å². The van der Waals surface area contributed by atoms with Crippen molar-refractivity contribution >= 4 is 0 Å². The summed E-state index contributed by atoms with van der Waals surface area (Å²) in [6.07, 6.45) is 9.43. The molecule has 0 bridgehead atoms. The van der Waals surface area contributed by atoms with Gasteiger partial charge in [0.1, 0.15) is 5.82 Å². The van der Waals surface area contributed by atoms with E-state index in [4.69, 9.17) is 0 Å². The maximum atomic E-state index is 15.0. The number of alkyl halides is 3. The van der Waals surface area contributed by atoms with Gasteiger partial charge in [0.05, 0.1) is 0 Å². The van der Waals surface area contributed by atoms with Gasteiger partial charge in [0.25, 0.3) is 0 Å². The minimum atomic E-state index is -5.24. The minimum Gasteiger partial charge on any atom is -0.399 e. The standard InChI is InChI=1S/C29H32F6O/c1-2-3-4-18-5-7-19(8-6-18)9-10-20-11-12-21-14-24(25(30)15-22(21)13-20)23-16-26(31)28(27(32)17-23)36-29(33,34)35/h11,14-19H,2-10,12-13H2,1H3. The van der Waals surface area contributed by atoms with Crippen LogP contribution in [0.25, 0.3) is 11.1 Å². The highest BCUT2D eigenvalue weighted by atomic mass is 19.4. The lowest BCUT2D eigenvalue weighted by Crippen LogP contribution is -2.19. The second-order valence-electron chi connectivity index (χ2n) is 10.2. The maximum Gasteiger partial charge on any atom is 0.573 e. The lowest BCUT2D eigenvalue weighted by Gasteiger charge is -2.29. The zero-order valence-corrected chi connectivity index (χ0v) is 20.5. The molecule has 36 heavy (non-hydrogen) atoms. The predicted octanol–water partition coefficient (Wildman–Crippen LogP) is 9.47. The van der Waals surface area contributed by atoms with Crippen molar-refractivity contribution in [2.75, 3.05) is 0 Å². The predicted molar refractivity (Wildman–Crippen MR) is 128 cm³/mol. The molecule has 0 atom stereocenters. The third-order valence-corrected chi connectivity index (χ3v) is 7.65. The lowest BCUT2D eigenvalue weighted by atomic mass is 9.77. The third kappa shape index (κ3) is 6.65. The van der Waals surface area contributed by atoms with E-state index in [1.807, 2.05) is 0 Å². The largest absolute Gasteiger partial charge is 0.573 e. The summed E-state index contributed by atoms with van der Waals surface area (Å²) in [5, 5.41) is 0. The highest BCUT2D eigenvalue weighted by Gasteiger charge is 2.34. The van der Waals surface area contributed by atoms with Crippen molar-refractivity contribution in [3.8, 4) is 16.9 Å². The Hall–Kier alpha value is -2.44. The summed E-state index contributed by atoms with van der Waals surface area (Å²) in [5.41, 5.74) is 2.75. The summed E-state index contributed by atoms with van der Waals surface area (Å²) >= 11 is 0. The van der Waals surface area contributed by atoms with Gasteiger partial charge < -0.3 is 4.74 Å². The van der Waals surface area contributed by atoms with E-state index in [-0.39, 0.29) is 11.1 Å². The van der Waals surface area contributed by atoms with E-state index in [0.717, 1.165) is 35.8 Å². The highest BCUT2D eigenvalue weighted by molar-refractivity contribution is 5.67. The van der Waals surface area contributed by atoms with Crippen LogP contribution in [0.1, 0.15) is 75.8 Å². The van der Waals surface area contributed by atoms with Crippen molar-refractivity contribution in [3.05, 3.63) is 64.5 Å². The summed E-state index contributed by atoms with van der Waals surface area (Å²) in [4.78, 5) is 0. The van der Waals surface area contributed by atoms with Crippen molar-refractivity contribution in [2.24, 2.45) is 11.8 Å². The number of allylic oxidation sites excluding steroid dienone is 2. The molecule has 196 valence electrons. The van der Waals surface area contributed by atoms with Gasteiger partial charge in [0.2, 0.25) is 5.75 Å². The quantitative estimate of drug-likeness (QED) is 0.254. The molecule has 1 nitrogen and oxygen atoms in total. The average Bonchev–Trinajstić information content (AvgIpc) is 2.83. The Bertz CT molecular complexity index is 1070. The molecule has 0 heterocycles. The first kappa shape index (κ1) is 26.6. The first-order valence-corrected chi connectivity index (χ1v) is 12.9. The normalized spacial score (nSPS) is 20.1. The number of rotatable bonds is 8. The Labute approximate surface area is 208 Å². The van der Waals surface area contributed by atoms with Crippen molar-refractivity contribution in [1.82, 2.24) is 0 Å². The summed E-state index contributed by atoms with van der Waals surface area (Å²) in [7, 11) is 0. The van der Waals surface area contributed by atoms with Crippen LogP contribution in [0, 0.1) is 29.3 Å². The third-order valence-electron chi connectivity index (χ3n) is 7.65. The summed E-state index contributed by atoms with van der Waals surface area (Å²) < 4.78 is 83.9. The average molecular weight is 511 g/mol. The van der Waals surface area contributed by atoms with Gasteiger partial charge in [-0.15, -0.1) is 13.2 Å². The summed E-state index contributed by atoms with van der Waals surface area (Å²) in [5.74, 6) is -3.66. The zero-order valence-electron chi connectivity index (χ0n) is 20.5. The molecule has 0 saturated heterocycles. The van der Waals surface area contributed by atoms with E-state index < -0.39 is 29.6 Å². The molecule has 7 heteroatoms. The molecular formula is C29H32F6O. The maximum absolute atomic E-state index is 15.0. The van der Waals surface area contributed by atoms with Gasteiger partial charge in [-0.3, -0.25) is 0 Å². The van der Waals surface area contributed by atoms with E-state index in [9.17, 15) is 26.3 Å². The number of hydrogen-bond acceptors (Lipinski definition) is 1. The van der Waals surface area contributed by atoms with Crippen molar-refractivity contribution < 1.29 is 31.1 Å². The fourth-order valence-corrected chi connectivity index (χ4v) is 5.62. The van der Waals surface area contributed by atoms with Crippen LogP contribution in [-0.2, 0) is 12.8 Å². The van der Waals surface area contributed by atoms with Crippen LogP contribution in [0.2, 0.25) is 0 Å². The number of ether oxygens (including phenoxy) is 1. The Morgan fingerprint density at radius 3 is 2.08 bits per heavy atom. The number of hydrogen-bond donors (Lipinski definition) is 0. The molecule has 0 spiro atoms.